The van der Waals surface area contributed by atoms with Crippen LogP contribution in [0.1, 0.15) is 63.0 Å². The molecule has 0 N–H and O–H groups in total. The molecule has 6 rings (SSSR count). The second-order valence-electron chi connectivity index (χ2n) is 10.3. The monoisotopic (exact) mass is 553 g/mol. The zero-order valence-electron chi connectivity index (χ0n) is 19.5. The predicted molar refractivity (Wildman–Crippen MR) is 126 cm³/mol. The molecular weight excluding hydrogens is 522 g/mol. The van der Waals surface area contributed by atoms with Crippen molar-refractivity contribution in [3.05, 3.63) is 88.1 Å². The van der Waals surface area contributed by atoms with Gasteiger partial charge < -0.3 is 24.8 Å². The molecule has 0 radical (unpaired) electrons. The second-order valence-corrected chi connectivity index (χ2v) is 12.0. The minimum absolute atomic E-state index is 0. The van der Waals surface area contributed by atoms with Gasteiger partial charge >= 0.3 is 204 Å². The number of fused-ring (bicyclic) bond motifs is 6. The summed E-state index contributed by atoms with van der Waals surface area (Å²) in [4.78, 5) is 0. The molecule has 0 spiro atoms. The molecule has 1 aromatic rings. The van der Waals surface area contributed by atoms with Crippen LogP contribution in [0.15, 0.2) is 76.9 Å². The van der Waals surface area contributed by atoms with E-state index in [2.05, 4.69) is 61.6 Å². The van der Waals surface area contributed by atoms with E-state index in [0.29, 0.717) is 11.8 Å². The molecule has 5 atom stereocenters. The Morgan fingerprint density at radius 1 is 1.06 bits per heavy atom. The Balaban J connectivity index is 0.00000130. The zero-order chi connectivity index (χ0) is 20.9. The number of hydrogen-bond donors (Lipinski definition) is 0. The smallest absolute Gasteiger partial charge is 1.00 e. The third-order valence-electron chi connectivity index (χ3n) is 8.59. The molecule has 1 fully saturated rings. The molecule has 0 aromatic heterocycles. The van der Waals surface area contributed by atoms with Crippen LogP contribution in [0.3, 0.4) is 0 Å². The molecular formula is C30H33Cl2Zr. The van der Waals surface area contributed by atoms with Crippen LogP contribution in [0.5, 0.6) is 0 Å². The van der Waals surface area contributed by atoms with Crippen molar-refractivity contribution in [2.75, 3.05) is 0 Å². The standard InChI is InChI=1S/C30H33.2ClH.Zr/c1-2-3-9-20-16-17-22(18-20)24-14-8-15-27-29(24)26-13-7-6-12-25(26)28-19-21-10-4-5-11-23(21)30(27)28;;;/h4-5,8,10-12,15-18,22,24,26,29H,2-3,6-7,9,13-14,19H2,1H3;2*1H;/q;;;+2/p-2. The fourth-order valence-electron chi connectivity index (χ4n) is 7.26. The third kappa shape index (κ3) is 4.30. The van der Waals surface area contributed by atoms with Crippen molar-refractivity contribution >= 4 is 5.57 Å². The van der Waals surface area contributed by atoms with Gasteiger partial charge in [-0.3, -0.25) is 0 Å². The maximum atomic E-state index is 2.64. The van der Waals surface area contributed by atoms with Crippen molar-refractivity contribution in [1.29, 1.82) is 0 Å². The maximum absolute atomic E-state index is 2.64. The van der Waals surface area contributed by atoms with Crippen LogP contribution in [-0.4, -0.2) is 0 Å². The molecule has 3 heteroatoms. The summed E-state index contributed by atoms with van der Waals surface area (Å²) in [5.74, 6) is 2.86. The molecule has 0 heterocycles. The van der Waals surface area contributed by atoms with Gasteiger partial charge in [0.25, 0.3) is 0 Å². The Morgan fingerprint density at radius 2 is 1.91 bits per heavy atom. The number of rotatable bonds is 4. The molecule has 5 aliphatic rings. The van der Waals surface area contributed by atoms with Gasteiger partial charge in [-0.2, -0.15) is 0 Å². The summed E-state index contributed by atoms with van der Waals surface area (Å²) in [7, 11) is 0. The Hall–Kier alpha value is -0.617. The van der Waals surface area contributed by atoms with Gasteiger partial charge in [0.15, 0.2) is 0 Å². The van der Waals surface area contributed by atoms with E-state index in [0.717, 1.165) is 15.5 Å². The summed E-state index contributed by atoms with van der Waals surface area (Å²) in [5, 5.41) is 0. The van der Waals surface area contributed by atoms with Crippen LogP contribution in [0, 0.1) is 23.7 Å². The van der Waals surface area contributed by atoms with Gasteiger partial charge in [0.05, 0.1) is 0 Å². The van der Waals surface area contributed by atoms with E-state index < -0.39 is 0 Å². The van der Waals surface area contributed by atoms with Crippen LogP contribution < -0.4 is 24.8 Å². The number of benzene rings is 1. The zero-order valence-corrected chi connectivity index (χ0v) is 23.5. The summed E-state index contributed by atoms with van der Waals surface area (Å²) in [6.45, 7) is 2.31. The Morgan fingerprint density at radius 3 is 2.76 bits per heavy atom. The average Bonchev–Trinajstić information content (AvgIpc) is 3.42. The molecule has 33 heavy (non-hydrogen) atoms. The minimum Gasteiger partial charge on any atom is -1.00 e. The summed E-state index contributed by atoms with van der Waals surface area (Å²) in [6, 6.07) is 9.28. The summed E-state index contributed by atoms with van der Waals surface area (Å²) < 4.78 is 0.841. The number of halogens is 2. The van der Waals surface area contributed by atoms with Crippen molar-refractivity contribution in [2.45, 2.75) is 61.9 Å². The van der Waals surface area contributed by atoms with Crippen LogP contribution in [0.4, 0.5) is 0 Å². The molecule has 1 saturated carbocycles. The first kappa shape index (κ1) is 25.5. The first-order valence-corrected chi connectivity index (χ1v) is 14.0. The van der Waals surface area contributed by atoms with Crippen LogP contribution in [0.2, 0.25) is 3.63 Å². The molecule has 0 saturated heterocycles. The predicted octanol–water partition coefficient (Wildman–Crippen LogP) is 1.94. The van der Waals surface area contributed by atoms with Gasteiger partial charge in [-0.1, -0.05) is 0 Å². The van der Waals surface area contributed by atoms with E-state index in [1.54, 1.807) is 58.1 Å². The largest absolute Gasteiger partial charge is 1.00 e. The molecule has 5 unspecified atom stereocenters. The maximum Gasteiger partial charge on any atom is -1.00 e. The molecule has 171 valence electrons. The minimum atomic E-state index is 0. The van der Waals surface area contributed by atoms with Gasteiger partial charge in [0, 0.05) is 0 Å². The van der Waals surface area contributed by atoms with Gasteiger partial charge in [-0.25, -0.2) is 0 Å². The normalized spacial score (nSPS) is 31.2. The summed E-state index contributed by atoms with van der Waals surface area (Å²) in [6.07, 6.45) is 23.3. The van der Waals surface area contributed by atoms with Crippen molar-refractivity contribution in [3.63, 3.8) is 0 Å². The number of allylic oxidation sites excluding steroid dienone is 10. The van der Waals surface area contributed by atoms with E-state index >= 15 is 0 Å². The topological polar surface area (TPSA) is 0 Å². The molecule has 0 bridgehead atoms. The first-order valence-electron chi connectivity index (χ1n) is 12.6. The van der Waals surface area contributed by atoms with E-state index in [1.807, 2.05) is 5.57 Å². The SMILES string of the molecule is CCCCC1=CC(C2CC=CC3=C4C(=C5[CH]([Zr+2])CCCC5C32)Cc2ccccc24)C=C1.[Cl-].[Cl-]. The van der Waals surface area contributed by atoms with Gasteiger partial charge in [0.2, 0.25) is 0 Å². The third-order valence-corrected chi connectivity index (χ3v) is 10.1. The number of unbranched alkanes of at least 4 members (excludes halogenated alkanes) is 1. The van der Waals surface area contributed by atoms with Crippen LogP contribution in [0.25, 0.3) is 5.57 Å². The molecule has 0 nitrogen and oxygen atoms in total. The molecule has 0 aliphatic heterocycles. The van der Waals surface area contributed by atoms with E-state index in [4.69, 9.17) is 0 Å². The van der Waals surface area contributed by atoms with E-state index in [9.17, 15) is 0 Å². The molecule has 0 amide bonds. The van der Waals surface area contributed by atoms with Gasteiger partial charge in [-0.05, 0) is 0 Å². The molecule has 1 aromatic carbocycles. The summed E-state index contributed by atoms with van der Waals surface area (Å²) in [5.41, 5.74) is 11.7. The quantitative estimate of drug-likeness (QED) is 0.533. The van der Waals surface area contributed by atoms with E-state index in [1.165, 1.54) is 51.4 Å². The fraction of sp³-hybridized carbons (Fsp3) is 0.467. The van der Waals surface area contributed by atoms with Crippen molar-refractivity contribution in [1.82, 2.24) is 0 Å². The van der Waals surface area contributed by atoms with E-state index in [-0.39, 0.29) is 24.8 Å². The van der Waals surface area contributed by atoms with Crippen LogP contribution >= 0.6 is 0 Å². The molecule has 5 aliphatic carbocycles. The average molecular weight is 556 g/mol. The Kier molecular flexibility index (Phi) is 8.15. The van der Waals surface area contributed by atoms with Crippen molar-refractivity contribution < 1.29 is 49.5 Å². The summed E-state index contributed by atoms with van der Waals surface area (Å²) >= 11 is 1.74. The van der Waals surface area contributed by atoms with Crippen molar-refractivity contribution in [2.24, 2.45) is 23.7 Å². The Labute approximate surface area is 227 Å². The fourth-order valence-corrected chi connectivity index (χ4v) is 8.72. The van der Waals surface area contributed by atoms with Gasteiger partial charge in [-0.15, -0.1) is 0 Å². The second kappa shape index (κ2) is 10.6. The van der Waals surface area contributed by atoms with Crippen molar-refractivity contribution in [3.8, 4) is 0 Å². The number of hydrogen-bond acceptors (Lipinski definition) is 0. The first-order chi connectivity index (χ1) is 15.3. The van der Waals surface area contributed by atoms with Crippen LogP contribution in [-0.2, 0) is 31.1 Å². The Bertz CT molecular complexity index is 1060. The van der Waals surface area contributed by atoms with Gasteiger partial charge in [0.1, 0.15) is 0 Å².